The molecule has 2 rings (SSSR count). The van der Waals surface area contributed by atoms with Gasteiger partial charge in [0.2, 0.25) is 0 Å². The van der Waals surface area contributed by atoms with Gasteiger partial charge in [0.15, 0.2) is 11.6 Å². The number of aromatic nitrogens is 1. The quantitative estimate of drug-likeness (QED) is 0.765. The Morgan fingerprint density at radius 2 is 2.39 bits per heavy atom. The molecule has 0 bridgehead atoms. The average molecular weight is 252 g/mol. The monoisotopic (exact) mass is 252 g/mol. The summed E-state index contributed by atoms with van der Waals surface area (Å²) in [4.78, 5) is 18.0. The number of nitrogens with zero attached hydrogens (tertiary/aromatic N) is 2. The van der Waals surface area contributed by atoms with E-state index in [1.165, 1.54) is 12.3 Å². The Hall–Kier alpha value is -1.33. The third-order valence-corrected chi connectivity index (χ3v) is 3.16. The lowest BCUT2D eigenvalue weighted by Gasteiger charge is -2.34. The predicted octanol–water partition coefficient (Wildman–Crippen LogP) is 1.51. The van der Waals surface area contributed by atoms with Crippen LogP contribution in [0, 0.1) is 5.82 Å². The molecule has 1 aromatic heterocycles. The van der Waals surface area contributed by atoms with Gasteiger partial charge in [-0.1, -0.05) is 0 Å². The molecule has 0 radical (unpaired) electrons. The van der Waals surface area contributed by atoms with E-state index in [2.05, 4.69) is 23.7 Å². The minimum Gasteiger partial charge on any atom is -0.367 e. The van der Waals surface area contributed by atoms with Crippen LogP contribution in [0.25, 0.3) is 0 Å². The van der Waals surface area contributed by atoms with E-state index in [0.29, 0.717) is 19.2 Å². The van der Waals surface area contributed by atoms with Gasteiger partial charge in [0.25, 0.3) is 0 Å². The molecule has 1 unspecified atom stereocenters. The van der Waals surface area contributed by atoms with Crippen LogP contribution in [-0.2, 0) is 4.74 Å². The fraction of sp³-hybridized carbons (Fsp3) is 0.538. The maximum Gasteiger partial charge on any atom is 0.195 e. The van der Waals surface area contributed by atoms with Crippen molar-refractivity contribution in [1.82, 2.24) is 9.88 Å². The molecule has 98 valence electrons. The summed E-state index contributed by atoms with van der Waals surface area (Å²) < 4.78 is 18.9. The number of carbonyl (C=O) groups excluding carboxylic acids is 1. The molecule has 4 nitrogen and oxygen atoms in total. The summed E-state index contributed by atoms with van der Waals surface area (Å²) in [5, 5.41) is 0. The summed E-state index contributed by atoms with van der Waals surface area (Å²) in [7, 11) is 0. The second-order valence-electron chi connectivity index (χ2n) is 4.67. The standard InChI is InChI=1S/C13H17FN2O2/c1-9(2)16-5-6-18-12(8-16)13(17)10-3-4-15-7-11(10)14/h3-4,7,9,12H,5-6,8H2,1-2H3. The fourth-order valence-corrected chi connectivity index (χ4v) is 2.05. The van der Waals surface area contributed by atoms with E-state index in [4.69, 9.17) is 4.74 Å². The number of carbonyl (C=O) groups is 1. The number of Topliss-reactive ketones (excluding diaryl/α,β-unsaturated/α-hetero) is 1. The summed E-state index contributed by atoms with van der Waals surface area (Å²) in [6.45, 7) is 5.96. The molecular weight excluding hydrogens is 235 g/mol. The Labute approximate surface area is 106 Å². The first-order chi connectivity index (χ1) is 8.59. The number of morpholine rings is 1. The fourth-order valence-electron chi connectivity index (χ4n) is 2.05. The highest BCUT2D eigenvalue weighted by molar-refractivity contribution is 5.99. The van der Waals surface area contributed by atoms with E-state index in [1.807, 2.05) is 0 Å². The maximum atomic E-state index is 13.5. The summed E-state index contributed by atoms with van der Waals surface area (Å²) >= 11 is 0. The number of halogens is 1. The molecule has 2 heterocycles. The maximum absolute atomic E-state index is 13.5. The SMILES string of the molecule is CC(C)N1CCOC(C(=O)c2ccncc2F)C1. The molecule has 1 aromatic rings. The highest BCUT2D eigenvalue weighted by atomic mass is 19.1. The summed E-state index contributed by atoms with van der Waals surface area (Å²) in [5.41, 5.74) is 0.0561. The predicted molar refractivity (Wildman–Crippen MR) is 65.0 cm³/mol. The van der Waals surface area contributed by atoms with Crippen LogP contribution < -0.4 is 0 Å². The first kappa shape index (κ1) is 13.1. The third kappa shape index (κ3) is 2.73. The van der Waals surface area contributed by atoms with Crippen LogP contribution in [0.4, 0.5) is 4.39 Å². The molecule has 0 saturated carbocycles. The molecule has 0 spiro atoms. The van der Waals surface area contributed by atoms with Crippen LogP contribution >= 0.6 is 0 Å². The Bertz CT molecular complexity index is 437. The molecule has 18 heavy (non-hydrogen) atoms. The first-order valence-corrected chi connectivity index (χ1v) is 6.09. The van der Waals surface area contributed by atoms with Crippen molar-refractivity contribution in [3.05, 3.63) is 29.8 Å². The molecule has 0 amide bonds. The van der Waals surface area contributed by atoms with Crippen molar-refractivity contribution >= 4 is 5.78 Å². The second-order valence-corrected chi connectivity index (χ2v) is 4.67. The van der Waals surface area contributed by atoms with Gasteiger partial charge in [-0.15, -0.1) is 0 Å². The van der Waals surface area contributed by atoms with Gasteiger partial charge in [0.1, 0.15) is 6.10 Å². The van der Waals surface area contributed by atoms with Crippen molar-refractivity contribution in [1.29, 1.82) is 0 Å². The zero-order valence-corrected chi connectivity index (χ0v) is 10.6. The Kier molecular flexibility index (Phi) is 4.04. The number of rotatable bonds is 3. The van der Waals surface area contributed by atoms with Crippen molar-refractivity contribution in [2.45, 2.75) is 26.0 Å². The van der Waals surface area contributed by atoms with Gasteiger partial charge in [-0.05, 0) is 19.9 Å². The molecule has 1 aliphatic rings. The molecule has 0 aromatic carbocycles. The van der Waals surface area contributed by atoms with Crippen molar-refractivity contribution in [2.24, 2.45) is 0 Å². The molecule has 1 saturated heterocycles. The topological polar surface area (TPSA) is 42.4 Å². The number of pyridine rings is 1. The molecule has 0 aliphatic carbocycles. The summed E-state index contributed by atoms with van der Waals surface area (Å²) in [5.74, 6) is -0.895. The highest BCUT2D eigenvalue weighted by Gasteiger charge is 2.29. The lowest BCUT2D eigenvalue weighted by Crippen LogP contribution is -2.48. The largest absolute Gasteiger partial charge is 0.367 e. The molecule has 1 aliphatic heterocycles. The number of hydrogen-bond acceptors (Lipinski definition) is 4. The lowest BCUT2D eigenvalue weighted by atomic mass is 10.1. The van der Waals surface area contributed by atoms with Crippen LogP contribution in [0.1, 0.15) is 24.2 Å². The minimum atomic E-state index is -0.590. The van der Waals surface area contributed by atoms with Gasteiger partial charge in [-0.3, -0.25) is 14.7 Å². The van der Waals surface area contributed by atoms with E-state index in [-0.39, 0.29) is 11.3 Å². The van der Waals surface area contributed by atoms with Gasteiger partial charge in [-0.2, -0.15) is 0 Å². The van der Waals surface area contributed by atoms with E-state index in [1.54, 1.807) is 0 Å². The second kappa shape index (κ2) is 5.54. The smallest absolute Gasteiger partial charge is 0.195 e. The summed E-state index contributed by atoms with van der Waals surface area (Å²) in [6.07, 6.45) is 1.88. The molecular formula is C13H17FN2O2. The van der Waals surface area contributed by atoms with E-state index in [9.17, 15) is 9.18 Å². The zero-order valence-electron chi connectivity index (χ0n) is 10.6. The van der Waals surface area contributed by atoms with Crippen LogP contribution in [-0.4, -0.2) is 47.5 Å². The van der Waals surface area contributed by atoms with Crippen molar-refractivity contribution in [3.63, 3.8) is 0 Å². The Morgan fingerprint density at radius 3 is 3.06 bits per heavy atom. The normalized spacial score (nSPS) is 21.2. The van der Waals surface area contributed by atoms with Crippen molar-refractivity contribution in [2.75, 3.05) is 19.7 Å². The van der Waals surface area contributed by atoms with E-state index in [0.717, 1.165) is 12.7 Å². The minimum absolute atomic E-state index is 0.0561. The highest BCUT2D eigenvalue weighted by Crippen LogP contribution is 2.15. The van der Waals surface area contributed by atoms with Crippen LogP contribution in [0.3, 0.4) is 0 Å². The summed E-state index contributed by atoms with van der Waals surface area (Å²) in [6, 6.07) is 1.75. The number of ketones is 1. The molecule has 1 fully saturated rings. The van der Waals surface area contributed by atoms with Crippen LogP contribution in [0.15, 0.2) is 18.5 Å². The third-order valence-electron chi connectivity index (χ3n) is 3.16. The average Bonchev–Trinajstić information content (AvgIpc) is 2.38. The van der Waals surface area contributed by atoms with Crippen molar-refractivity contribution in [3.8, 4) is 0 Å². The van der Waals surface area contributed by atoms with E-state index < -0.39 is 11.9 Å². The molecule has 5 heteroatoms. The molecule has 1 atom stereocenters. The van der Waals surface area contributed by atoms with Gasteiger partial charge in [0, 0.05) is 25.3 Å². The van der Waals surface area contributed by atoms with Crippen molar-refractivity contribution < 1.29 is 13.9 Å². The van der Waals surface area contributed by atoms with Crippen LogP contribution in [0.5, 0.6) is 0 Å². The Morgan fingerprint density at radius 1 is 1.61 bits per heavy atom. The Balaban J connectivity index is 2.12. The van der Waals surface area contributed by atoms with Gasteiger partial charge >= 0.3 is 0 Å². The first-order valence-electron chi connectivity index (χ1n) is 6.09. The van der Waals surface area contributed by atoms with E-state index >= 15 is 0 Å². The van der Waals surface area contributed by atoms with Gasteiger partial charge in [-0.25, -0.2) is 4.39 Å². The zero-order chi connectivity index (χ0) is 13.1. The lowest BCUT2D eigenvalue weighted by molar-refractivity contribution is -0.0257. The van der Waals surface area contributed by atoms with Crippen LogP contribution in [0.2, 0.25) is 0 Å². The number of hydrogen-bond donors (Lipinski definition) is 0. The number of ether oxygens (including phenoxy) is 1. The van der Waals surface area contributed by atoms with Gasteiger partial charge in [0.05, 0.1) is 18.4 Å². The molecule has 0 N–H and O–H groups in total. The van der Waals surface area contributed by atoms with Gasteiger partial charge < -0.3 is 4.74 Å².